The molecule has 6 heteroatoms. The van der Waals surface area contributed by atoms with Crippen molar-refractivity contribution in [1.29, 1.82) is 0 Å². The second-order valence-corrected chi connectivity index (χ2v) is 4.95. The predicted octanol–water partition coefficient (Wildman–Crippen LogP) is 1.86. The van der Waals surface area contributed by atoms with E-state index < -0.39 is 11.6 Å². The van der Waals surface area contributed by atoms with Gasteiger partial charge in [-0.3, -0.25) is 9.59 Å². The number of benzene rings is 2. The van der Waals surface area contributed by atoms with Crippen molar-refractivity contribution in [2.24, 2.45) is 0 Å². The molecule has 3 rings (SSSR count). The highest BCUT2D eigenvalue weighted by molar-refractivity contribution is 6.41. The smallest absolute Gasteiger partial charge is 0.198 e. The highest BCUT2D eigenvalue weighted by Crippen LogP contribution is 2.39. The SMILES string of the molecule is Nc1ccc(N)c2c1C(=O)c1c(N)ccc(Cl)c1C2=O. The molecule has 0 heterocycles. The predicted molar refractivity (Wildman–Crippen MR) is 78.0 cm³/mol. The standard InChI is InChI=1S/C14H10ClN3O2/c15-5-1-2-6(16)10-9(5)13(19)11-7(17)3-4-8(18)12(11)14(10)20/h1-4H,16-18H2. The van der Waals surface area contributed by atoms with Crippen LogP contribution in [-0.4, -0.2) is 11.6 Å². The van der Waals surface area contributed by atoms with E-state index in [1.165, 1.54) is 24.3 Å². The average Bonchev–Trinajstić information content (AvgIpc) is 2.41. The second-order valence-electron chi connectivity index (χ2n) is 4.54. The molecule has 0 radical (unpaired) electrons. The van der Waals surface area contributed by atoms with Crippen molar-refractivity contribution in [3.05, 3.63) is 51.5 Å². The van der Waals surface area contributed by atoms with Crippen LogP contribution in [0.25, 0.3) is 0 Å². The molecular formula is C14H10ClN3O2. The Morgan fingerprint density at radius 3 is 1.50 bits per heavy atom. The topological polar surface area (TPSA) is 112 Å². The summed E-state index contributed by atoms with van der Waals surface area (Å²) in [6.07, 6.45) is 0. The number of nitrogen functional groups attached to an aromatic ring is 3. The minimum Gasteiger partial charge on any atom is -0.398 e. The number of carbonyl (C=O) groups excluding carboxylic acids is 2. The molecule has 0 spiro atoms. The van der Waals surface area contributed by atoms with E-state index in [0.717, 1.165) is 0 Å². The molecule has 0 saturated heterocycles. The molecule has 0 bridgehead atoms. The Balaban J connectivity index is 2.46. The van der Waals surface area contributed by atoms with Gasteiger partial charge in [0.25, 0.3) is 0 Å². The molecule has 0 saturated carbocycles. The Kier molecular flexibility index (Phi) is 2.49. The number of hydrogen-bond donors (Lipinski definition) is 3. The molecule has 0 aromatic heterocycles. The summed E-state index contributed by atoms with van der Waals surface area (Å²) in [5.41, 5.74) is 18.4. The molecule has 0 aliphatic heterocycles. The van der Waals surface area contributed by atoms with E-state index in [2.05, 4.69) is 0 Å². The Morgan fingerprint density at radius 2 is 1.00 bits per heavy atom. The lowest BCUT2D eigenvalue weighted by Crippen LogP contribution is -2.25. The fraction of sp³-hybridized carbons (Fsp3) is 0. The van der Waals surface area contributed by atoms with E-state index in [9.17, 15) is 9.59 Å². The first-order valence-electron chi connectivity index (χ1n) is 5.78. The molecule has 2 aromatic rings. The highest BCUT2D eigenvalue weighted by Gasteiger charge is 2.35. The van der Waals surface area contributed by atoms with Crippen LogP contribution in [-0.2, 0) is 0 Å². The summed E-state index contributed by atoms with van der Waals surface area (Å²) in [7, 11) is 0. The lowest BCUT2D eigenvalue weighted by molar-refractivity contribution is 0.0981. The van der Waals surface area contributed by atoms with E-state index >= 15 is 0 Å². The van der Waals surface area contributed by atoms with Crippen LogP contribution in [0.4, 0.5) is 17.1 Å². The van der Waals surface area contributed by atoms with Gasteiger partial charge in [0.1, 0.15) is 0 Å². The fourth-order valence-corrected chi connectivity index (χ4v) is 2.68. The third-order valence-corrected chi connectivity index (χ3v) is 3.68. The van der Waals surface area contributed by atoms with Crippen LogP contribution >= 0.6 is 11.6 Å². The van der Waals surface area contributed by atoms with Gasteiger partial charge in [0.15, 0.2) is 11.6 Å². The molecule has 0 amide bonds. The van der Waals surface area contributed by atoms with Gasteiger partial charge in [-0.15, -0.1) is 0 Å². The number of anilines is 3. The van der Waals surface area contributed by atoms with Gasteiger partial charge in [0, 0.05) is 17.1 Å². The summed E-state index contributed by atoms with van der Waals surface area (Å²) in [6, 6.07) is 5.95. The Hall–Kier alpha value is -2.53. The fourth-order valence-electron chi connectivity index (χ4n) is 2.43. The molecule has 0 atom stereocenters. The lowest BCUT2D eigenvalue weighted by Gasteiger charge is -2.22. The van der Waals surface area contributed by atoms with Gasteiger partial charge in [0.05, 0.1) is 27.3 Å². The summed E-state index contributed by atoms with van der Waals surface area (Å²) in [5, 5.41) is 0.167. The van der Waals surface area contributed by atoms with Gasteiger partial charge in [-0.25, -0.2) is 0 Å². The van der Waals surface area contributed by atoms with Crippen molar-refractivity contribution in [1.82, 2.24) is 0 Å². The van der Waals surface area contributed by atoms with Crippen LogP contribution in [0.15, 0.2) is 24.3 Å². The van der Waals surface area contributed by atoms with Crippen LogP contribution in [0.2, 0.25) is 5.02 Å². The van der Waals surface area contributed by atoms with E-state index in [1.54, 1.807) is 0 Å². The van der Waals surface area contributed by atoms with Crippen LogP contribution in [0, 0.1) is 0 Å². The van der Waals surface area contributed by atoms with Crippen LogP contribution < -0.4 is 17.2 Å². The summed E-state index contributed by atoms with van der Waals surface area (Å²) < 4.78 is 0. The van der Waals surface area contributed by atoms with Gasteiger partial charge in [0.2, 0.25) is 0 Å². The largest absolute Gasteiger partial charge is 0.398 e. The van der Waals surface area contributed by atoms with Crippen molar-refractivity contribution in [3.63, 3.8) is 0 Å². The Bertz CT molecular complexity index is 670. The lowest BCUT2D eigenvalue weighted by atomic mass is 9.81. The molecule has 1 aliphatic carbocycles. The maximum atomic E-state index is 12.6. The third kappa shape index (κ3) is 1.44. The molecule has 100 valence electrons. The van der Waals surface area contributed by atoms with E-state index in [0.29, 0.717) is 0 Å². The minimum atomic E-state index is -0.434. The summed E-state index contributed by atoms with van der Waals surface area (Å²) in [6.45, 7) is 0. The normalized spacial score (nSPS) is 13.1. The molecule has 1 aliphatic rings. The van der Waals surface area contributed by atoms with Gasteiger partial charge in [-0.2, -0.15) is 0 Å². The van der Waals surface area contributed by atoms with Crippen molar-refractivity contribution in [3.8, 4) is 0 Å². The molecule has 0 fully saturated rings. The maximum absolute atomic E-state index is 12.6. The van der Waals surface area contributed by atoms with Gasteiger partial charge in [-0.05, 0) is 24.3 Å². The Morgan fingerprint density at radius 1 is 0.650 bits per heavy atom. The van der Waals surface area contributed by atoms with E-state index in [-0.39, 0.29) is 44.3 Å². The van der Waals surface area contributed by atoms with Crippen LogP contribution in [0.1, 0.15) is 31.8 Å². The molecule has 2 aromatic carbocycles. The monoisotopic (exact) mass is 287 g/mol. The van der Waals surface area contributed by atoms with Gasteiger partial charge in [-0.1, -0.05) is 11.6 Å². The first-order chi connectivity index (χ1) is 9.43. The molecule has 20 heavy (non-hydrogen) atoms. The quantitative estimate of drug-likeness (QED) is 0.546. The zero-order chi connectivity index (χ0) is 14.6. The number of fused-ring (bicyclic) bond motifs is 2. The van der Waals surface area contributed by atoms with Gasteiger partial charge < -0.3 is 17.2 Å². The number of hydrogen-bond acceptors (Lipinski definition) is 5. The summed E-state index contributed by atoms with van der Waals surface area (Å²) >= 11 is 6.03. The van der Waals surface area contributed by atoms with E-state index in [1.807, 2.05) is 0 Å². The highest BCUT2D eigenvalue weighted by atomic mass is 35.5. The Labute approximate surface area is 119 Å². The third-order valence-electron chi connectivity index (χ3n) is 3.36. The van der Waals surface area contributed by atoms with Gasteiger partial charge >= 0.3 is 0 Å². The van der Waals surface area contributed by atoms with Crippen LogP contribution in [0.3, 0.4) is 0 Å². The molecule has 0 unspecified atom stereocenters. The number of halogens is 1. The van der Waals surface area contributed by atoms with Crippen molar-refractivity contribution < 1.29 is 9.59 Å². The number of rotatable bonds is 0. The number of ketones is 2. The van der Waals surface area contributed by atoms with Crippen molar-refractivity contribution >= 4 is 40.2 Å². The zero-order valence-electron chi connectivity index (χ0n) is 10.2. The summed E-state index contributed by atoms with van der Waals surface area (Å²) in [4.78, 5) is 25.1. The molecule has 5 nitrogen and oxygen atoms in total. The van der Waals surface area contributed by atoms with Crippen LogP contribution in [0.5, 0.6) is 0 Å². The summed E-state index contributed by atoms with van der Waals surface area (Å²) in [5.74, 6) is -0.865. The molecular weight excluding hydrogens is 278 g/mol. The maximum Gasteiger partial charge on any atom is 0.198 e. The average molecular weight is 288 g/mol. The number of nitrogens with two attached hydrogens (primary N) is 3. The first-order valence-corrected chi connectivity index (χ1v) is 6.16. The van der Waals surface area contributed by atoms with Crippen molar-refractivity contribution in [2.75, 3.05) is 17.2 Å². The first kappa shape index (κ1) is 12.5. The number of carbonyl (C=O) groups is 2. The van der Waals surface area contributed by atoms with Crippen molar-refractivity contribution in [2.45, 2.75) is 0 Å². The second kappa shape index (κ2) is 3.98. The molecule has 6 N–H and O–H groups in total. The zero-order valence-corrected chi connectivity index (χ0v) is 11.0. The minimum absolute atomic E-state index is 0.0847. The van der Waals surface area contributed by atoms with E-state index in [4.69, 9.17) is 28.8 Å².